The van der Waals surface area contributed by atoms with Gasteiger partial charge in [-0.2, -0.15) is 5.26 Å². The molecular formula is C8H5ClF2N2O. The number of nitrogens with zero attached hydrogens (tertiary/aromatic N) is 1. The van der Waals surface area contributed by atoms with E-state index in [2.05, 4.69) is 4.98 Å². The van der Waals surface area contributed by atoms with Crippen molar-refractivity contribution in [2.75, 3.05) is 0 Å². The number of hydrogen-bond donors (Lipinski definition) is 1. The van der Waals surface area contributed by atoms with Gasteiger partial charge in [-0.05, 0) is 0 Å². The zero-order valence-electron chi connectivity index (χ0n) is 6.85. The molecule has 14 heavy (non-hydrogen) atoms. The Hall–Kier alpha value is -1.41. The summed E-state index contributed by atoms with van der Waals surface area (Å²) < 4.78 is 24.6. The van der Waals surface area contributed by atoms with E-state index in [0.717, 1.165) is 6.20 Å². The molecule has 3 nitrogen and oxygen atoms in total. The van der Waals surface area contributed by atoms with Gasteiger partial charge in [0.05, 0.1) is 28.6 Å². The van der Waals surface area contributed by atoms with Gasteiger partial charge in [0, 0.05) is 6.20 Å². The van der Waals surface area contributed by atoms with Crippen LogP contribution in [-0.2, 0) is 6.42 Å². The molecule has 0 aliphatic carbocycles. The molecule has 0 saturated heterocycles. The minimum Gasteiger partial charge on any atom is -0.328 e. The van der Waals surface area contributed by atoms with Crippen LogP contribution in [0.2, 0.25) is 5.02 Å². The minimum absolute atomic E-state index is 0.119. The predicted octanol–water partition coefficient (Wildman–Crippen LogP) is 2.03. The highest BCUT2D eigenvalue weighted by molar-refractivity contribution is 6.32. The van der Waals surface area contributed by atoms with Crippen molar-refractivity contribution in [1.29, 1.82) is 5.26 Å². The second-order valence-corrected chi connectivity index (χ2v) is 2.88. The Morgan fingerprint density at radius 2 is 2.29 bits per heavy atom. The summed E-state index contributed by atoms with van der Waals surface area (Å²) in [7, 11) is 0. The molecule has 1 aromatic rings. The van der Waals surface area contributed by atoms with E-state index in [1.54, 1.807) is 6.07 Å². The first kappa shape index (κ1) is 10.7. The molecule has 1 heterocycles. The molecule has 74 valence electrons. The number of hydrogen-bond acceptors (Lipinski definition) is 2. The number of nitrogens with one attached hydrogen (secondary N) is 1. The van der Waals surface area contributed by atoms with Crippen LogP contribution in [-0.4, -0.2) is 4.98 Å². The van der Waals surface area contributed by atoms with E-state index in [0.29, 0.717) is 0 Å². The highest BCUT2D eigenvalue weighted by Gasteiger charge is 2.17. The van der Waals surface area contributed by atoms with E-state index in [-0.39, 0.29) is 17.0 Å². The van der Waals surface area contributed by atoms with Gasteiger partial charge in [0.15, 0.2) is 0 Å². The number of H-pyrrole nitrogens is 1. The van der Waals surface area contributed by atoms with Gasteiger partial charge in [-0.25, -0.2) is 8.78 Å². The number of aromatic nitrogens is 1. The Morgan fingerprint density at radius 1 is 1.64 bits per heavy atom. The first-order valence-electron chi connectivity index (χ1n) is 3.63. The van der Waals surface area contributed by atoms with Gasteiger partial charge < -0.3 is 4.98 Å². The van der Waals surface area contributed by atoms with Gasteiger partial charge in [0.1, 0.15) is 0 Å². The van der Waals surface area contributed by atoms with Gasteiger partial charge in [-0.1, -0.05) is 11.6 Å². The molecule has 0 fully saturated rings. The Bertz CT molecular complexity index is 436. The third-order valence-corrected chi connectivity index (χ3v) is 2.09. The van der Waals surface area contributed by atoms with E-state index in [4.69, 9.17) is 16.9 Å². The maximum Gasteiger partial charge on any atom is 0.266 e. The van der Waals surface area contributed by atoms with Crippen molar-refractivity contribution in [3.63, 3.8) is 0 Å². The molecular weight excluding hydrogens is 214 g/mol. The van der Waals surface area contributed by atoms with Crippen LogP contribution in [0.15, 0.2) is 11.0 Å². The topological polar surface area (TPSA) is 56.6 Å². The lowest BCUT2D eigenvalue weighted by atomic mass is 10.1. The molecule has 1 rings (SSSR count). The predicted molar refractivity (Wildman–Crippen MR) is 46.3 cm³/mol. The van der Waals surface area contributed by atoms with Gasteiger partial charge in [0.2, 0.25) is 0 Å². The van der Waals surface area contributed by atoms with E-state index in [1.807, 2.05) is 0 Å². The molecule has 0 spiro atoms. The zero-order valence-corrected chi connectivity index (χ0v) is 7.61. The lowest BCUT2D eigenvalue weighted by molar-refractivity contribution is 0.151. The third kappa shape index (κ3) is 1.91. The van der Waals surface area contributed by atoms with Crippen molar-refractivity contribution in [1.82, 2.24) is 4.98 Å². The van der Waals surface area contributed by atoms with Gasteiger partial charge in [-0.15, -0.1) is 0 Å². The average molecular weight is 219 g/mol. The number of nitriles is 1. The molecule has 0 saturated carbocycles. The van der Waals surface area contributed by atoms with Crippen LogP contribution in [0, 0.1) is 11.3 Å². The second-order valence-electron chi connectivity index (χ2n) is 2.50. The summed E-state index contributed by atoms with van der Waals surface area (Å²) >= 11 is 5.54. The van der Waals surface area contributed by atoms with E-state index in [1.165, 1.54) is 0 Å². The number of alkyl halides is 2. The summed E-state index contributed by atoms with van der Waals surface area (Å²) in [6, 6.07) is 1.68. The minimum atomic E-state index is -2.77. The molecule has 0 aromatic carbocycles. The molecule has 1 N–H and O–H groups in total. The summed E-state index contributed by atoms with van der Waals surface area (Å²) in [6.07, 6.45) is -2.19. The second kappa shape index (κ2) is 4.20. The van der Waals surface area contributed by atoms with Crippen LogP contribution in [0.4, 0.5) is 8.78 Å². The van der Waals surface area contributed by atoms with Crippen LogP contribution in [0.3, 0.4) is 0 Å². The third-order valence-electron chi connectivity index (χ3n) is 1.64. The van der Waals surface area contributed by atoms with Crippen LogP contribution >= 0.6 is 11.6 Å². The van der Waals surface area contributed by atoms with Crippen molar-refractivity contribution in [2.45, 2.75) is 12.8 Å². The summed E-state index contributed by atoms with van der Waals surface area (Å²) in [5.41, 5.74) is -1.19. The van der Waals surface area contributed by atoms with Crippen LogP contribution in [0.1, 0.15) is 17.6 Å². The maximum absolute atomic E-state index is 12.3. The van der Waals surface area contributed by atoms with Crippen molar-refractivity contribution in [3.05, 3.63) is 32.7 Å². The number of aromatic amines is 1. The fourth-order valence-electron chi connectivity index (χ4n) is 0.963. The standard InChI is InChI=1S/C8H5ClF2N2O/c9-6-4(1-2-12)8(14)13-3-5(6)7(10)11/h3,7H,1H2,(H,13,14). The molecule has 6 heteroatoms. The molecule has 0 atom stereocenters. The molecule has 0 aliphatic heterocycles. The lowest BCUT2D eigenvalue weighted by Crippen LogP contribution is -2.14. The largest absolute Gasteiger partial charge is 0.328 e. The van der Waals surface area contributed by atoms with Crippen molar-refractivity contribution in [3.8, 4) is 6.07 Å². The molecule has 0 unspecified atom stereocenters. The highest BCUT2D eigenvalue weighted by atomic mass is 35.5. The molecule has 0 amide bonds. The van der Waals surface area contributed by atoms with Crippen molar-refractivity contribution >= 4 is 11.6 Å². The average Bonchev–Trinajstić information content (AvgIpc) is 2.11. The smallest absolute Gasteiger partial charge is 0.266 e. The van der Waals surface area contributed by atoms with Crippen LogP contribution in [0.25, 0.3) is 0 Å². The molecule has 0 aliphatic rings. The van der Waals surface area contributed by atoms with Crippen LogP contribution < -0.4 is 5.56 Å². The molecule has 0 bridgehead atoms. The molecule has 0 radical (unpaired) electrons. The highest BCUT2D eigenvalue weighted by Crippen LogP contribution is 2.27. The van der Waals surface area contributed by atoms with Gasteiger partial charge in [0.25, 0.3) is 12.0 Å². The normalized spacial score (nSPS) is 10.2. The van der Waals surface area contributed by atoms with Crippen LogP contribution in [0.5, 0.6) is 0 Å². The number of rotatable bonds is 2. The summed E-state index contributed by atoms with van der Waals surface area (Å²) in [5.74, 6) is 0. The number of pyridine rings is 1. The van der Waals surface area contributed by atoms with Gasteiger partial charge in [-0.3, -0.25) is 4.79 Å². The Morgan fingerprint density at radius 3 is 2.79 bits per heavy atom. The SMILES string of the molecule is N#CCc1c(Cl)c(C(F)F)c[nH]c1=O. The Labute approximate surface area is 82.9 Å². The molecule has 1 aromatic heterocycles. The van der Waals surface area contributed by atoms with E-state index >= 15 is 0 Å². The maximum atomic E-state index is 12.3. The summed E-state index contributed by atoms with van der Waals surface area (Å²) in [6.45, 7) is 0. The van der Waals surface area contributed by atoms with Crippen molar-refractivity contribution in [2.24, 2.45) is 0 Å². The first-order chi connectivity index (χ1) is 6.57. The lowest BCUT2D eigenvalue weighted by Gasteiger charge is -2.04. The fraction of sp³-hybridized carbons (Fsp3) is 0.250. The first-order valence-corrected chi connectivity index (χ1v) is 4.00. The van der Waals surface area contributed by atoms with E-state index < -0.39 is 17.5 Å². The number of halogens is 3. The zero-order chi connectivity index (χ0) is 10.7. The Kier molecular flexibility index (Phi) is 3.20. The van der Waals surface area contributed by atoms with E-state index in [9.17, 15) is 13.6 Å². The Balaban J connectivity index is 3.35. The summed E-state index contributed by atoms with van der Waals surface area (Å²) in [5, 5.41) is 8.02. The van der Waals surface area contributed by atoms with Crippen molar-refractivity contribution < 1.29 is 8.78 Å². The monoisotopic (exact) mass is 218 g/mol. The fourth-order valence-corrected chi connectivity index (χ4v) is 1.25. The van der Waals surface area contributed by atoms with Gasteiger partial charge >= 0.3 is 0 Å². The quantitative estimate of drug-likeness (QED) is 0.826. The summed E-state index contributed by atoms with van der Waals surface area (Å²) in [4.78, 5) is 13.2.